The van der Waals surface area contributed by atoms with Gasteiger partial charge in [-0.05, 0) is 17.7 Å². The number of para-hydroxylation sites is 1. The molecule has 1 N–H and O–H groups in total. The molecule has 100 valence electrons. The quantitative estimate of drug-likeness (QED) is 0.787. The Hall–Kier alpha value is -2.69. The molecule has 0 atom stereocenters. The number of pyridine rings is 1. The van der Waals surface area contributed by atoms with Crippen LogP contribution in [0.3, 0.4) is 0 Å². The normalized spacial score (nSPS) is 10.7. The third kappa shape index (κ3) is 2.51. The molecule has 5 nitrogen and oxygen atoms in total. The molecule has 0 bridgehead atoms. The maximum absolute atomic E-state index is 11.9. The molecule has 0 aliphatic heterocycles. The highest BCUT2D eigenvalue weighted by Crippen LogP contribution is 2.12. The fraction of sp³-hybridized carbons (Fsp3) is 0.133. The van der Waals surface area contributed by atoms with Crippen molar-refractivity contribution in [1.82, 2.24) is 20.1 Å². The van der Waals surface area contributed by atoms with Gasteiger partial charge in [0.1, 0.15) is 0 Å². The number of nitrogens with one attached hydrogen (secondary N) is 1. The molecule has 1 aromatic carbocycles. The molecule has 3 aromatic rings. The fourth-order valence-corrected chi connectivity index (χ4v) is 2.04. The molecule has 20 heavy (non-hydrogen) atoms. The van der Waals surface area contributed by atoms with Gasteiger partial charge in [0, 0.05) is 31.4 Å². The van der Waals surface area contributed by atoms with Gasteiger partial charge >= 0.3 is 0 Å². The number of amides is 1. The van der Waals surface area contributed by atoms with Gasteiger partial charge in [0.25, 0.3) is 5.91 Å². The van der Waals surface area contributed by atoms with Crippen molar-refractivity contribution in [2.45, 2.75) is 6.54 Å². The molecule has 0 spiro atoms. The summed E-state index contributed by atoms with van der Waals surface area (Å²) in [5, 5.41) is 7.91. The number of carbonyl (C=O) groups is 1. The Bertz CT molecular complexity index is 763. The summed E-state index contributed by atoms with van der Waals surface area (Å²) in [4.78, 5) is 16.3. The number of hydrogen-bond acceptors (Lipinski definition) is 3. The molecule has 0 unspecified atom stereocenters. The number of carbonyl (C=O) groups excluding carboxylic acids is 1. The van der Waals surface area contributed by atoms with Crippen LogP contribution in [0.25, 0.3) is 10.9 Å². The van der Waals surface area contributed by atoms with Crippen LogP contribution >= 0.6 is 0 Å². The van der Waals surface area contributed by atoms with E-state index in [9.17, 15) is 4.79 Å². The summed E-state index contributed by atoms with van der Waals surface area (Å²) in [6.45, 7) is 0.450. The second-order valence-electron chi connectivity index (χ2n) is 4.62. The molecule has 0 saturated carbocycles. The second-order valence-corrected chi connectivity index (χ2v) is 4.62. The Kier molecular flexibility index (Phi) is 3.16. The van der Waals surface area contributed by atoms with Gasteiger partial charge in [0.05, 0.1) is 17.3 Å². The van der Waals surface area contributed by atoms with Crippen LogP contribution in [0.4, 0.5) is 0 Å². The molecule has 0 fully saturated rings. The number of aryl methyl sites for hydroxylation is 1. The first-order chi connectivity index (χ1) is 9.72. The van der Waals surface area contributed by atoms with E-state index in [4.69, 9.17) is 0 Å². The number of fused-ring (bicyclic) bond motifs is 1. The number of rotatable bonds is 3. The van der Waals surface area contributed by atoms with Crippen molar-refractivity contribution >= 4 is 16.8 Å². The van der Waals surface area contributed by atoms with Gasteiger partial charge in [-0.3, -0.25) is 14.5 Å². The van der Waals surface area contributed by atoms with E-state index in [2.05, 4.69) is 15.4 Å². The standard InChI is InChI=1S/C15H14N4O/c1-19-10-13(9-18-19)15(20)17-8-11-6-12-4-2-3-5-14(12)16-7-11/h2-7,9-10H,8H2,1H3,(H,17,20). The predicted octanol–water partition coefficient (Wildman–Crippen LogP) is 1.90. The summed E-state index contributed by atoms with van der Waals surface area (Å²) < 4.78 is 1.60. The van der Waals surface area contributed by atoms with Gasteiger partial charge in [-0.15, -0.1) is 0 Å². The summed E-state index contributed by atoms with van der Waals surface area (Å²) in [7, 11) is 1.78. The van der Waals surface area contributed by atoms with E-state index in [0.717, 1.165) is 16.5 Å². The van der Waals surface area contributed by atoms with E-state index in [1.807, 2.05) is 30.3 Å². The zero-order chi connectivity index (χ0) is 13.9. The first kappa shape index (κ1) is 12.3. The summed E-state index contributed by atoms with van der Waals surface area (Å²) in [6, 6.07) is 9.94. The molecule has 0 saturated heterocycles. The SMILES string of the molecule is Cn1cc(C(=O)NCc2cnc3ccccc3c2)cn1. The minimum absolute atomic E-state index is 0.133. The van der Waals surface area contributed by atoms with Crippen molar-refractivity contribution in [1.29, 1.82) is 0 Å². The van der Waals surface area contributed by atoms with E-state index in [-0.39, 0.29) is 5.91 Å². The van der Waals surface area contributed by atoms with Crippen LogP contribution in [0.2, 0.25) is 0 Å². The van der Waals surface area contributed by atoms with Gasteiger partial charge in [-0.2, -0.15) is 5.10 Å². The lowest BCUT2D eigenvalue weighted by Crippen LogP contribution is -2.22. The lowest BCUT2D eigenvalue weighted by atomic mass is 10.1. The van der Waals surface area contributed by atoms with Crippen LogP contribution in [-0.4, -0.2) is 20.7 Å². The summed E-state index contributed by atoms with van der Waals surface area (Å²) in [5.74, 6) is -0.133. The van der Waals surface area contributed by atoms with Crippen LogP contribution < -0.4 is 5.32 Å². The topological polar surface area (TPSA) is 59.8 Å². The first-order valence-corrected chi connectivity index (χ1v) is 6.33. The maximum atomic E-state index is 11.9. The van der Waals surface area contributed by atoms with Crippen LogP contribution in [-0.2, 0) is 13.6 Å². The predicted molar refractivity (Wildman–Crippen MR) is 76.1 cm³/mol. The lowest BCUT2D eigenvalue weighted by Gasteiger charge is -2.05. The minimum atomic E-state index is -0.133. The Morgan fingerprint density at radius 2 is 2.15 bits per heavy atom. The molecule has 0 aliphatic rings. The van der Waals surface area contributed by atoms with Crippen molar-refractivity contribution in [3.8, 4) is 0 Å². The van der Waals surface area contributed by atoms with E-state index in [1.165, 1.54) is 0 Å². The van der Waals surface area contributed by atoms with Crippen LogP contribution in [0.15, 0.2) is 48.9 Å². The van der Waals surface area contributed by atoms with Crippen molar-refractivity contribution in [2.24, 2.45) is 7.05 Å². The average molecular weight is 266 g/mol. The Morgan fingerprint density at radius 1 is 1.30 bits per heavy atom. The molecule has 1 amide bonds. The van der Waals surface area contributed by atoms with E-state index < -0.39 is 0 Å². The Balaban J connectivity index is 1.72. The molecule has 5 heteroatoms. The molecular weight excluding hydrogens is 252 g/mol. The molecule has 0 radical (unpaired) electrons. The van der Waals surface area contributed by atoms with Crippen molar-refractivity contribution in [3.63, 3.8) is 0 Å². The van der Waals surface area contributed by atoms with Crippen molar-refractivity contribution in [2.75, 3.05) is 0 Å². The number of nitrogens with zero attached hydrogens (tertiary/aromatic N) is 3. The zero-order valence-corrected chi connectivity index (χ0v) is 11.1. The number of benzene rings is 1. The average Bonchev–Trinajstić information content (AvgIpc) is 2.91. The molecule has 2 aromatic heterocycles. The fourth-order valence-electron chi connectivity index (χ4n) is 2.04. The number of aromatic nitrogens is 3. The lowest BCUT2D eigenvalue weighted by molar-refractivity contribution is 0.0951. The minimum Gasteiger partial charge on any atom is -0.348 e. The van der Waals surface area contributed by atoms with Gasteiger partial charge in [0.2, 0.25) is 0 Å². The first-order valence-electron chi connectivity index (χ1n) is 6.33. The molecule has 3 rings (SSSR count). The van der Waals surface area contributed by atoms with E-state index >= 15 is 0 Å². The van der Waals surface area contributed by atoms with E-state index in [0.29, 0.717) is 12.1 Å². The largest absolute Gasteiger partial charge is 0.348 e. The molecule has 0 aliphatic carbocycles. The highest BCUT2D eigenvalue weighted by molar-refractivity contribution is 5.93. The smallest absolute Gasteiger partial charge is 0.254 e. The monoisotopic (exact) mass is 266 g/mol. The van der Waals surface area contributed by atoms with Crippen LogP contribution in [0.5, 0.6) is 0 Å². The highest BCUT2D eigenvalue weighted by Gasteiger charge is 2.07. The third-order valence-corrected chi connectivity index (χ3v) is 3.07. The molecular formula is C15H14N4O. The van der Waals surface area contributed by atoms with Gasteiger partial charge in [-0.1, -0.05) is 18.2 Å². The highest BCUT2D eigenvalue weighted by atomic mass is 16.1. The summed E-state index contributed by atoms with van der Waals surface area (Å²) >= 11 is 0. The van der Waals surface area contributed by atoms with Crippen LogP contribution in [0, 0.1) is 0 Å². The maximum Gasteiger partial charge on any atom is 0.254 e. The van der Waals surface area contributed by atoms with Gasteiger partial charge in [-0.25, -0.2) is 0 Å². The van der Waals surface area contributed by atoms with Gasteiger partial charge < -0.3 is 5.32 Å². The Labute approximate surface area is 116 Å². The van der Waals surface area contributed by atoms with E-state index in [1.54, 1.807) is 30.3 Å². The van der Waals surface area contributed by atoms with Crippen LogP contribution in [0.1, 0.15) is 15.9 Å². The second kappa shape index (κ2) is 5.13. The summed E-state index contributed by atoms with van der Waals surface area (Å²) in [6.07, 6.45) is 5.02. The van der Waals surface area contributed by atoms with Crippen molar-refractivity contribution < 1.29 is 4.79 Å². The number of hydrogen-bond donors (Lipinski definition) is 1. The molecule has 2 heterocycles. The zero-order valence-electron chi connectivity index (χ0n) is 11.1. The Morgan fingerprint density at radius 3 is 2.95 bits per heavy atom. The third-order valence-electron chi connectivity index (χ3n) is 3.07. The van der Waals surface area contributed by atoms with Gasteiger partial charge in [0.15, 0.2) is 0 Å². The summed E-state index contributed by atoms with van der Waals surface area (Å²) in [5.41, 5.74) is 2.48. The van der Waals surface area contributed by atoms with Crippen molar-refractivity contribution in [3.05, 3.63) is 60.0 Å².